The molecule has 2 aromatic rings. The van der Waals surface area contributed by atoms with E-state index in [4.69, 9.17) is 16.3 Å². The molecule has 0 aliphatic carbocycles. The lowest BCUT2D eigenvalue weighted by atomic mass is 9.87. The van der Waals surface area contributed by atoms with E-state index in [1.807, 2.05) is 18.2 Å². The van der Waals surface area contributed by atoms with Crippen molar-refractivity contribution in [1.29, 1.82) is 0 Å². The van der Waals surface area contributed by atoms with Gasteiger partial charge < -0.3 is 10.1 Å². The Kier molecular flexibility index (Phi) is 5.84. The summed E-state index contributed by atoms with van der Waals surface area (Å²) >= 11 is 5.86. The lowest BCUT2D eigenvalue weighted by Gasteiger charge is -2.19. The quantitative estimate of drug-likeness (QED) is 0.802. The van der Waals surface area contributed by atoms with E-state index < -0.39 is 11.7 Å². The molecule has 5 heteroatoms. The van der Waals surface area contributed by atoms with Crippen molar-refractivity contribution >= 4 is 17.5 Å². The second kappa shape index (κ2) is 7.67. The van der Waals surface area contributed by atoms with Crippen LogP contribution in [0.5, 0.6) is 5.75 Å². The summed E-state index contributed by atoms with van der Waals surface area (Å²) in [6.45, 7) is 6.92. The van der Waals surface area contributed by atoms with Crippen LogP contribution in [-0.4, -0.2) is 19.1 Å². The van der Waals surface area contributed by atoms with Crippen molar-refractivity contribution in [3.8, 4) is 5.75 Å². The Morgan fingerprint density at radius 2 is 1.92 bits per heavy atom. The zero-order valence-electron chi connectivity index (χ0n) is 14.0. The monoisotopic (exact) mass is 349 g/mol. The van der Waals surface area contributed by atoms with E-state index in [-0.39, 0.29) is 29.2 Å². The average Bonchev–Trinajstić information content (AvgIpc) is 2.51. The highest BCUT2D eigenvalue weighted by Gasteiger charge is 2.16. The second-order valence-electron chi connectivity index (χ2n) is 6.48. The fourth-order valence-electron chi connectivity index (χ4n) is 2.19. The fourth-order valence-corrected chi connectivity index (χ4v) is 2.44. The van der Waals surface area contributed by atoms with Crippen molar-refractivity contribution in [1.82, 2.24) is 5.32 Å². The summed E-state index contributed by atoms with van der Waals surface area (Å²) < 4.78 is 19.3. The van der Waals surface area contributed by atoms with Gasteiger partial charge in [-0.3, -0.25) is 4.79 Å². The van der Waals surface area contributed by atoms with Gasteiger partial charge in [0.25, 0.3) is 5.91 Å². The molecule has 0 saturated carbocycles. The summed E-state index contributed by atoms with van der Waals surface area (Å²) in [5, 5.41) is 2.70. The van der Waals surface area contributed by atoms with Gasteiger partial charge in [0, 0.05) is 0 Å². The molecule has 0 bridgehead atoms. The predicted octanol–water partition coefficient (Wildman–Crippen LogP) is 4.59. The third-order valence-electron chi connectivity index (χ3n) is 3.55. The van der Waals surface area contributed by atoms with Crippen LogP contribution in [0.15, 0.2) is 42.5 Å². The molecule has 24 heavy (non-hydrogen) atoms. The number of carbonyl (C=O) groups is 1. The number of halogens is 2. The maximum atomic E-state index is 13.7. The summed E-state index contributed by atoms with van der Waals surface area (Å²) in [6, 6.07) is 12.0. The van der Waals surface area contributed by atoms with Crippen LogP contribution in [0.25, 0.3) is 0 Å². The molecule has 3 nitrogen and oxygen atoms in total. The van der Waals surface area contributed by atoms with Gasteiger partial charge >= 0.3 is 0 Å². The molecule has 0 aliphatic rings. The van der Waals surface area contributed by atoms with Crippen LogP contribution in [-0.2, 0) is 5.41 Å². The first kappa shape index (κ1) is 18.3. The van der Waals surface area contributed by atoms with Gasteiger partial charge in [0.2, 0.25) is 0 Å². The highest BCUT2D eigenvalue weighted by Crippen LogP contribution is 2.25. The van der Waals surface area contributed by atoms with Gasteiger partial charge in [0.15, 0.2) is 0 Å². The third kappa shape index (κ3) is 4.71. The van der Waals surface area contributed by atoms with Gasteiger partial charge in [-0.25, -0.2) is 4.39 Å². The van der Waals surface area contributed by atoms with E-state index in [2.05, 4.69) is 32.2 Å². The molecule has 0 fully saturated rings. The minimum Gasteiger partial charge on any atom is -0.492 e. The summed E-state index contributed by atoms with van der Waals surface area (Å²) in [7, 11) is 0. The zero-order chi connectivity index (χ0) is 17.7. The first-order chi connectivity index (χ1) is 11.3. The smallest absolute Gasteiger partial charge is 0.255 e. The minimum atomic E-state index is -0.640. The van der Waals surface area contributed by atoms with E-state index in [1.54, 1.807) is 0 Å². The van der Waals surface area contributed by atoms with Crippen LogP contribution in [0.3, 0.4) is 0 Å². The van der Waals surface area contributed by atoms with Crippen molar-refractivity contribution in [2.75, 3.05) is 13.2 Å². The Morgan fingerprint density at radius 3 is 2.58 bits per heavy atom. The summed E-state index contributed by atoms with van der Waals surface area (Å²) in [4.78, 5) is 12.0. The molecule has 0 spiro atoms. The number of benzene rings is 2. The Balaban J connectivity index is 1.88. The van der Waals surface area contributed by atoms with Gasteiger partial charge in [-0.1, -0.05) is 50.6 Å². The molecule has 0 aromatic heterocycles. The van der Waals surface area contributed by atoms with Crippen LogP contribution in [0.4, 0.5) is 4.39 Å². The van der Waals surface area contributed by atoms with E-state index in [0.717, 1.165) is 5.75 Å². The van der Waals surface area contributed by atoms with Crippen molar-refractivity contribution in [2.24, 2.45) is 0 Å². The summed E-state index contributed by atoms with van der Waals surface area (Å²) in [5.41, 5.74) is 1.06. The highest BCUT2D eigenvalue weighted by atomic mass is 35.5. The zero-order valence-corrected chi connectivity index (χ0v) is 14.8. The Bertz CT molecular complexity index is 705. The minimum absolute atomic E-state index is 0.0369. The predicted molar refractivity (Wildman–Crippen MR) is 94.4 cm³/mol. The molecular formula is C19H21ClFNO2. The molecule has 0 saturated heterocycles. The molecule has 0 atom stereocenters. The largest absolute Gasteiger partial charge is 0.492 e. The summed E-state index contributed by atoms with van der Waals surface area (Å²) in [6.07, 6.45) is 0. The lowest BCUT2D eigenvalue weighted by molar-refractivity contribution is 0.0943. The number of nitrogens with one attached hydrogen (secondary N) is 1. The maximum absolute atomic E-state index is 13.7. The Morgan fingerprint density at radius 1 is 1.21 bits per heavy atom. The van der Waals surface area contributed by atoms with E-state index in [0.29, 0.717) is 0 Å². The molecule has 0 heterocycles. The number of hydrogen-bond donors (Lipinski definition) is 1. The standard InChI is InChI=1S/C19H21ClFNO2/c1-19(2,3)13-6-4-7-14(12-13)24-11-10-22-18(23)17-15(20)8-5-9-16(17)21/h4-9,12H,10-11H2,1-3H3,(H,22,23). The number of ether oxygens (including phenoxy) is 1. The molecule has 2 rings (SSSR count). The van der Waals surface area contributed by atoms with Gasteiger partial charge in [-0.2, -0.15) is 0 Å². The van der Waals surface area contributed by atoms with Gasteiger partial charge in [0.1, 0.15) is 18.2 Å². The Hall–Kier alpha value is -2.07. The van der Waals surface area contributed by atoms with Crippen LogP contribution < -0.4 is 10.1 Å². The first-order valence-corrected chi connectivity index (χ1v) is 8.12. The van der Waals surface area contributed by atoms with Crippen molar-refractivity contribution in [2.45, 2.75) is 26.2 Å². The van der Waals surface area contributed by atoms with Crippen LogP contribution in [0.1, 0.15) is 36.7 Å². The van der Waals surface area contributed by atoms with Crippen molar-refractivity contribution in [3.05, 3.63) is 64.4 Å². The number of carbonyl (C=O) groups excluding carboxylic acids is 1. The number of hydrogen-bond acceptors (Lipinski definition) is 2. The van der Waals surface area contributed by atoms with Crippen molar-refractivity contribution in [3.63, 3.8) is 0 Å². The van der Waals surface area contributed by atoms with Crippen LogP contribution >= 0.6 is 11.6 Å². The van der Waals surface area contributed by atoms with Gasteiger partial charge in [-0.15, -0.1) is 0 Å². The summed E-state index contributed by atoms with van der Waals surface area (Å²) in [5.74, 6) is -0.454. The molecule has 1 amide bonds. The normalized spacial score (nSPS) is 11.2. The first-order valence-electron chi connectivity index (χ1n) is 7.74. The molecule has 2 aromatic carbocycles. The molecule has 0 unspecified atom stereocenters. The van der Waals surface area contributed by atoms with E-state index in [9.17, 15) is 9.18 Å². The average molecular weight is 350 g/mol. The number of amides is 1. The number of rotatable bonds is 5. The van der Waals surface area contributed by atoms with E-state index >= 15 is 0 Å². The van der Waals surface area contributed by atoms with Gasteiger partial charge in [-0.05, 0) is 35.2 Å². The second-order valence-corrected chi connectivity index (χ2v) is 6.89. The van der Waals surface area contributed by atoms with Crippen LogP contribution in [0.2, 0.25) is 5.02 Å². The molecule has 0 radical (unpaired) electrons. The van der Waals surface area contributed by atoms with Crippen molar-refractivity contribution < 1.29 is 13.9 Å². The Labute approximate surface area is 146 Å². The highest BCUT2D eigenvalue weighted by molar-refractivity contribution is 6.33. The maximum Gasteiger partial charge on any atom is 0.255 e. The fraction of sp³-hybridized carbons (Fsp3) is 0.316. The molecule has 0 aliphatic heterocycles. The topological polar surface area (TPSA) is 38.3 Å². The third-order valence-corrected chi connectivity index (χ3v) is 3.86. The lowest BCUT2D eigenvalue weighted by Crippen LogP contribution is -2.29. The van der Waals surface area contributed by atoms with E-state index in [1.165, 1.54) is 23.8 Å². The van der Waals surface area contributed by atoms with Gasteiger partial charge in [0.05, 0.1) is 17.1 Å². The molecular weight excluding hydrogens is 329 g/mol. The molecule has 1 N–H and O–H groups in total. The van der Waals surface area contributed by atoms with Crippen LogP contribution in [0, 0.1) is 5.82 Å². The SMILES string of the molecule is CC(C)(C)c1cccc(OCCNC(=O)c2c(F)cccc2Cl)c1. The molecule has 128 valence electrons.